The summed E-state index contributed by atoms with van der Waals surface area (Å²) < 4.78 is 0. The zero-order valence-electron chi connectivity index (χ0n) is 8.39. The Labute approximate surface area is 80.3 Å². The minimum absolute atomic E-state index is 0.966. The molecule has 0 saturated carbocycles. The maximum absolute atomic E-state index is 5.29. The molecule has 1 aromatic carbocycles. The standard InChI is InChI=1S/C13H14/c1-5-10(2)8-13-9-11(3)6-7-12(13)4/h1,6-9H,2-4H3. The van der Waals surface area contributed by atoms with Crippen molar-refractivity contribution in [1.29, 1.82) is 0 Å². The van der Waals surface area contributed by atoms with Crippen LogP contribution in [0.4, 0.5) is 0 Å². The Bertz CT molecular complexity index is 376. The predicted octanol–water partition coefficient (Wildman–Crippen LogP) is 3.34. The van der Waals surface area contributed by atoms with Gasteiger partial charge in [-0.2, -0.15) is 0 Å². The summed E-state index contributed by atoms with van der Waals surface area (Å²) in [6.45, 7) is 6.12. The van der Waals surface area contributed by atoms with Gasteiger partial charge in [0.05, 0.1) is 0 Å². The quantitative estimate of drug-likeness (QED) is 0.567. The highest BCUT2D eigenvalue weighted by Gasteiger charge is 1.94. The molecular formula is C13H14. The van der Waals surface area contributed by atoms with Crippen molar-refractivity contribution in [3.05, 3.63) is 40.5 Å². The van der Waals surface area contributed by atoms with Crippen molar-refractivity contribution >= 4 is 6.08 Å². The molecule has 0 saturated heterocycles. The molecule has 0 aliphatic heterocycles. The molecule has 0 heteroatoms. The van der Waals surface area contributed by atoms with Crippen LogP contribution in [0.1, 0.15) is 23.6 Å². The van der Waals surface area contributed by atoms with Gasteiger partial charge in [0.25, 0.3) is 0 Å². The lowest BCUT2D eigenvalue weighted by Gasteiger charge is -2.01. The summed E-state index contributed by atoms with van der Waals surface area (Å²) in [6, 6.07) is 6.37. The molecule has 0 aliphatic carbocycles. The van der Waals surface area contributed by atoms with E-state index in [2.05, 4.69) is 38.0 Å². The third-order valence-corrected chi connectivity index (χ3v) is 2.03. The first kappa shape index (κ1) is 9.61. The second kappa shape index (κ2) is 3.96. The third-order valence-electron chi connectivity index (χ3n) is 2.03. The van der Waals surface area contributed by atoms with Crippen molar-refractivity contribution in [1.82, 2.24) is 0 Å². The molecule has 0 amide bonds. The van der Waals surface area contributed by atoms with Crippen LogP contribution in [0.3, 0.4) is 0 Å². The summed E-state index contributed by atoms with van der Waals surface area (Å²) >= 11 is 0. The first-order valence-corrected chi connectivity index (χ1v) is 4.35. The fraction of sp³-hybridized carbons (Fsp3) is 0.231. The fourth-order valence-corrected chi connectivity index (χ4v) is 1.19. The highest BCUT2D eigenvalue weighted by atomic mass is 14.0. The molecule has 0 N–H and O–H groups in total. The number of aryl methyl sites for hydroxylation is 2. The molecule has 0 bridgehead atoms. The maximum Gasteiger partial charge on any atom is -0.000742 e. The van der Waals surface area contributed by atoms with Gasteiger partial charge < -0.3 is 0 Å². The SMILES string of the molecule is C#CC(C)=Cc1cc(C)ccc1C. The lowest BCUT2D eigenvalue weighted by atomic mass is 10.0. The van der Waals surface area contributed by atoms with E-state index in [0.717, 1.165) is 5.57 Å². The van der Waals surface area contributed by atoms with Crippen LogP contribution in [0.5, 0.6) is 0 Å². The van der Waals surface area contributed by atoms with Crippen LogP contribution in [0, 0.1) is 26.2 Å². The Morgan fingerprint density at radius 1 is 1.38 bits per heavy atom. The number of rotatable bonds is 1. The van der Waals surface area contributed by atoms with Gasteiger partial charge in [0, 0.05) is 0 Å². The number of allylic oxidation sites excluding steroid dienone is 1. The molecule has 0 radical (unpaired) electrons. The second-order valence-electron chi connectivity index (χ2n) is 3.33. The minimum atomic E-state index is 0.966. The smallest absolute Gasteiger partial charge is 0.000742 e. The molecular weight excluding hydrogens is 156 g/mol. The Hall–Kier alpha value is -1.48. The van der Waals surface area contributed by atoms with Crippen LogP contribution >= 0.6 is 0 Å². The van der Waals surface area contributed by atoms with E-state index in [1.165, 1.54) is 16.7 Å². The Balaban J connectivity index is 3.16. The van der Waals surface area contributed by atoms with Gasteiger partial charge in [0.1, 0.15) is 0 Å². The van der Waals surface area contributed by atoms with E-state index < -0.39 is 0 Å². The van der Waals surface area contributed by atoms with Crippen molar-refractivity contribution in [2.24, 2.45) is 0 Å². The summed E-state index contributed by atoms with van der Waals surface area (Å²) in [5.74, 6) is 2.62. The van der Waals surface area contributed by atoms with Crippen LogP contribution in [0.2, 0.25) is 0 Å². The Kier molecular flexibility index (Phi) is 2.93. The summed E-state index contributed by atoms with van der Waals surface area (Å²) in [7, 11) is 0. The molecule has 1 rings (SSSR count). The molecule has 0 unspecified atom stereocenters. The topological polar surface area (TPSA) is 0 Å². The molecule has 0 heterocycles. The summed E-state index contributed by atoms with van der Waals surface area (Å²) in [5, 5.41) is 0. The van der Waals surface area contributed by atoms with Crippen molar-refractivity contribution in [3.63, 3.8) is 0 Å². The Morgan fingerprint density at radius 2 is 2.08 bits per heavy atom. The van der Waals surface area contributed by atoms with Gasteiger partial charge in [-0.05, 0) is 43.5 Å². The average Bonchev–Trinajstić information content (AvgIpc) is 2.11. The first-order valence-electron chi connectivity index (χ1n) is 4.35. The lowest BCUT2D eigenvalue weighted by molar-refractivity contribution is 1.37. The highest BCUT2D eigenvalue weighted by molar-refractivity contribution is 5.60. The monoisotopic (exact) mass is 170 g/mol. The molecule has 0 nitrogen and oxygen atoms in total. The van der Waals surface area contributed by atoms with Crippen LogP contribution in [0.25, 0.3) is 6.08 Å². The van der Waals surface area contributed by atoms with Crippen LogP contribution in [-0.2, 0) is 0 Å². The van der Waals surface area contributed by atoms with Gasteiger partial charge in [-0.3, -0.25) is 0 Å². The second-order valence-corrected chi connectivity index (χ2v) is 3.33. The van der Waals surface area contributed by atoms with Gasteiger partial charge >= 0.3 is 0 Å². The largest absolute Gasteiger partial charge is 0.115 e. The molecule has 0 spiro atoms. The van der Waals surface area contributed by atoms with Crippen LogP contribution in [0.15, 0.2) is 23.8 Å². The number of hydrogen-bond acceptors (Lipinski definition) is 0. The minimum Gasteiger partial charge on any atom is -0.115 e. The fourth-order valence-electron chi connectivity index (χ4n) is 1.19. The number of terminal acetylenes is 1. The zero-order chi connectivity index (χ0) is 9.84. The molecule has 0 aliphatic rings. The van der Waals surface area contributed by atoms with E-state index in [1.54, 1.807) is 0 Å². The zero-order valence-corrected chi connectivity index (χ0v) is 8.39. The van der Waals surface area contributed by atoms with E-state index in [1.807, 2.05) is 13.0 Å². The normalized spacial score (nSPS) is 11.1. The summed E-state index contributed by atoms with van der Waals surface area (Å²) in [5.41, 5.74) is 4.71. The molecule has 0 aromatic heterocycles. The molecule has 0 fully saturated rings. The van der Waals surface area contributed by atoms with E-state index >= 15 is 0 Å². The van der Waals surface area contributed by atoms with E-state index in [9.17, 15) is 0 Å². The van der Waals surface area contributed by atoms with E-state index in [0.29, 0.717) is 0 Å². The van der Waals surface area contributed by atoms with Gasteiger partial charge in [-0.15, -0.1) is 6.42 Å². The first-order chi connectivity index (χ1) is 6.13. The van der Waals surface area contributed by atoms with Gasteiger partial charge in [-0.25, -0.2) is 0 Å². The summed E-state index contributed by atoms with van der Waals surface area (Å²) in [6.07, 6.45) is 7.33. The highest BCUT2D eigenvalue weighted by Crippen LogP contribution is 2.13. The van der Waals surface area contributed by atoms with Gasteiger partial charge in [0.2, 0.25) is 0 Å². The molecule has 0 atom stereocenters. The van der Waals surface area contributed by atoms with Crippen LogP contribution < -0.4 is 0 Å². The molecule has 66 valence electrons. The Morgan fingerprint density at radius 3 is 2.69 bits per heavy atom. The number of benzene rings is 1. The van der Waals surface area contributed by atoms with Crippen LogP contribution in [-0.4, -0.2) is 0 Å². The number of hydrogen-bond donors (Lipinski definition) is 0. The van der Waals surface area contributed by atoms with E-state index in [4.69, 9.17) is 6.42 Å². The summed E-state index contributed by atoms with van der Waals surface area (Å²) in [4.78, 5) is 0. The van der Waals surface area contributed by atoms with Crippen molar-refractivity contribution in [3.8, 4) is 12.3 Å². The maximum atomic E-state index is 5.29. The third kappa shape index (κ3) is 2.49. The average molecular weight is 170 g/mol. The van der Waals surface area contributed by atoms with Gasteiger partial charge in [0.15, 0.2) is 0 Å². The van der Waals surface area contributed by atoms with Crippen molar-refractivity contribution in [2.75, 3.05) is 0 Å². The molecule has 13 heavy (non-hydrogen) atoms. The van der Waals surface area contributed by atoms with Crippen molar-refractivity contribution < 1.29 is 0 Å². The van der Waals surface area contributed by atoms with E-state index in [-0.39, 0.29) is 0 Å². The predicted molar refractivity (Wildman–Crippen MR) is 58.4 cm³/mol. The lowest BCUT2D eigenvalue weighted by Crippen LogP contribution is -1.83. The van der Waals surface area contributed by atoms with Crippen molar-refractivity contribution in [2.45, 2.75) is 20.8 Å². The molecule has 1 aromatic rings. The van der Waals surface area contributed by atoms with Gasteiger partial charge in [-0.1, -0.05) is 29.7 Å².